The van der Waals surface area contributed by atoms with Gasteiger partial charge in [0, 0.05) is 18.7 Å². The molecule has 0 spiro atoms. The first-order valence-corrected chi connectivity index (χ1v) is 6.28. The van der Waals surface area contributed by atoms with Crippen LogP contribution in [0.25, 0.3) is 0 Å². The number of hydrogen-bond donors (Lipinski definition) is 1. The Morgan fingerprint density at radius 1 is 1.37 bits per heavy atom. The van der Waals surface area contributed by atoms with Crippen molar-refractivity contribution in [2.45, 2.75) is 32.6 Å². The topological polar surface area (TPSA) is 72.2 Å². The monoisotopic (exact) mass is 268 g/mol. The van der Waals surface area contributed by atoms with Crippen LogP contribution in [0.5, 0.6) is 0 Å². The van der Waals surface area contributed by atoms with Crippen LogP contribution in [-0.4, -0.2) is 17.4 Å². The first-order chi connectivity index (χ1) is 9.06. The third-order valence-corrected chi connectivity index (χ3v) is 2.72. The van der Waals surface area contributed by atoms with Crippen molar-refractivity contribution in [2.75, 3.05) is 6.54 Å². The second kappa shape index (κ2) is 7.45. The molecule has 1 aromatic carbocycles. The molecule has 5 nitrogen and oxygen atoms in total. The van der Waals surface area contributed by atoms with Crippen molar-refractivity contribution in [3.63, 3.8) is 0 Å². The number of nitro groups is 1. The number of carbonyl (C=O) groups excluding carboxylic acids is 1. The minimum Gasteiger partial charge on any atom is -0.352 e. The second-order valence-electron chi connectivity index (χ2n) is 4.24. The van der Waals surface area contributed by atoms with Gasteiger partial charge in [-0.2, -0.15) is 0 Å². The molecule has 1 aromatic rings. The quantitative estimate of drug-likeness (QED) is 0.469. The van der Waals surface area contributed by atoms with Gasteiger partial charge >= 0.3 is 0 Å². The fourth-order valence-corrected chi connectivity index (χ4v) is 1.65. The predicted octanol–water partition coefficient (Wildman–Crippen LogP) is 3.04. The molecule has 0 aliphatic heterocycles. The van der Waals surface area contributed by atoms with Crippen molar-refractivity contribution in [1.29, 1.82) is 0 Å². The molecule has 0 bridgehead atoms. The zero-order chi connectivity index (χ0) is 14.3. The number of nitrogens with one attached hydrogen (secondary N) is 1. The van der Waals surface area contributed by atoms with Gasteiger partial charge in [0.1, 0.15) is 5.82 Å². The lowest BCUT2D eigenvalue weighted by atomic mass is 10.1. The Kier molecular flexibility index (Phi) is 5.92. The molecule has 0 atom stereocenters. The van der Waals surface area contributed by atoms with Crippen molar-refractivity contribution in [3.8, 4) is 0 Å². The maximum absolute atomic E-state index is 13.4. The highest BCUT2D eigenvalue weighted by atomic mass is 19.1. The zero-order valence-corrected chi connectivity index (χ0v) is 10.8. The summed E-state index contributed by atoms with van der Waals surface area (Å²) in [5.74, 6) is -1.37. The SMILES string of the molecule is CCCCCCNC(=O)c1cc([N+](=O)[O-])ccc1F. The van der Waals surface area contributed by atoms with Gasteiger partial charge in [0.05, 0.1) is 10.5 Å². The Morgan fingerprint density at radius 2 is 2.11 bits per heavy atom. The molecule has 0 heterocycles. The molecular weight excluding hydrogens is 251 g/mol. The number of unbranched alkanes of at least 4 members (excludes halogenated alkanes) is 3. The van der Waals surface area contributed by atoms with Crippen LogP contribution in [0.3, 0.4) is 0 Å². The number of rotatable bonds is 7. The summed E-state index contributed by atoms with van der Waals surface area (Å²) in [5, 5.41) is 13.1. The van der Waals surface area contributed by atoms with Gasteiger partial charge in [-0.05, 0) is 12.5 Å². The fourth-order valence-electron chi connectivity index (χ4n) is 1.65. The molecule has 1 rings (SSSR count). The van der Waals surface area contributed by atoms with Crippen molar-refractivity contribution in [3.05, 3.63) is 39.7 Å². The van der Waals surface area contributed by atoms with Crippen molar-refractivity contribution in [1.82, 2.24) is 5.32 Å². The second-order valence-corrected chi connectivity index (χ2v) is 4.24. The van der Waals surface area contributed by atoms with E-state index in [0.717, 1.165) is 43.9 Å². The fraction of sp³-hybridized carbons (Fsp3) is 0.462. The first-order valence-electron chi connectivity index (χ1n) is 6.28. The lowest BCUT2D eigenvalue weighted by Crippen LogP contribution is -2.25. The van der Waals surface area contributed by atoms with E-state index in [4.69, 9.17) is 0 Å². The number of non-ortho nitro benzene ring substituents is 1. The molecule has 0 fully saturated rings. The van der Waals surface area contributed by atoms with Crippen molar-refractivity contribution in [2.24, 2.45) is 0 Å². The van der Waals surface area contributed by atoms with Crippen LogP contribution in [0, 0.1) is 15.9 Å². The van der Waals surface area contributed by atoms with Crippen LogP contribution in [0.2, 0.25) is 0 Å². The summed E-state index contributed by atoms with van der Waals surface area (Å²) in [6.45, 7) is 2.53. The molecule has 0 saturated heterocycles. The van der Waals surface area contributed by atoms with Crippen molar-refractivity contribution < 1.29 is 14.1 Å². The largest absolute Gasteiger partial charge is 0.352 e. The van der Waals surface area contributed by atoms with Crippen LogP contribution in [0.4, 0.5) is 10.1 Å². The molecule has 1 amide bonds. The maximum atomic E-state index is 13.4. The van der Waals surface area contributed by atoms with Crippen LogP contribution < -0.4 is 5.32 Å². The molecule has 0 aliphatic rings. The minimum absolute atomic E-state index is 0.287. The average Bonchev–Trinajstić information content (AvgIpc) is 2.38. The van der Waals surface area contributed by atoms with Gasteiger partial charge in [-0.15, -0.1) is 0 Å². The van der Waals surface area contributed by atoms with E-state index in [0.29, 0.717) is 6.54 Å². The molecule has 19 heavy (non-hydrogen) atoms. The third kappa shape index (κ3) is 4.65. The van der Waals surface area contributed by atoms with Gasteiger partial charge < -0.3 is 5.32 Å². The minimum atomic E-state index is -0.753. The summed E-state index contributed by atoms with van der Waals surface area (Å²) in [6.07, 6.45) is 3.98. The molecule has 0 radical (unpaired) electrons. The van der Waals surface area contributed by atoms with E-state index in [-0.39, 0.29) is 11.3 Å². The smallest absolute Gasteiger partial charge is 0.270 e. The molecule has 0 aromatic heterocycles. The van der Waals surface area contributed by atoms with E-state index in [1.165, 1.54) is 0 Å². The van der Waals surface area contributed by atoms with Crippen LogP contribution in [0.1, 0.15) is 43.0 Å². The molecule has 0 aliphatic carbocycles. The highest BCUT2D eigenvalue weighted by Crippen LogP contribution is 2.16. The lowest BCUT2D eigenvalue weighted by Gasteiger charge is -2.05. The third-order valence-electron chi connectivity index (χ3n) is 2.72. The molecule has 1 N–H and O–H groups in total. The van der Waals surface area contributed by atoms with Gasteiger partial charge in [-0.25, -0.2) is 4.39 Å². The molecule has 104 valence electrons. The summed E-state index contributed by atoms with van der Waals surface area (Å²) in [7, 11) is 0. The van der Waals surface area contributed by atoms with Gasteiger partial charge in [0.25, 0.3) is 11.6 Å². The van der Waals surface area contributed by atoms with Gasteiger partial charge in [0.2, 0.25) is 0 Å². The Bertz CT molecular complexity index is 463. The number of nitrogens with zero attached hydrogens (tertiary/aromatic N) is 1. The number of benzene rings is 1. The maximum Gasteiger partial charge on any atom is 0.270 e. The van der Waals surface area contributed by atoms with Gasteiger partial charge in [-0.3, -0.25) is 14.9 Å². The zero-order valence-electron chi connectivity index (χ0n) is 10.8. The number of amides is 1. The summed E-state index contributed by atoms with van der Waals surface area (Å²) in [5.41, 5.74) is -0.581. The number of nitro benzene ring substituents is 1. The van der Waals surface area contributed by atoms with E-state index in [1.807, 2.05) is 0 Å². The van der Waals surface area contributed by atoms with Crippen LogP contribution in [0.15, 0.2) is 18.2 Å². The molecule has 0 saturated carbocycles. The summed E-state index contributed by atoms with van der Waals surface area (Å²) >= 11 is 0. The number of carbonyl (C=O) groups is 1. The summed E-state index contributed by atoms with van der Waals surface area (Å²) in [4.78, 5) is 21.6. The Balaban J connectivity index is 2.61. The summed E-state index contributed by atoms with van der Waals surface area (Å²) in [6, 6.07) is 2.92. The normalized spacial score (nSPS) is 10.2. The lowest BCUT2D eigenvalue weighted by molar-refractivity contribution is -0.384. The average molecular weight is 268 g/mol. The van der Waals surface area contributed by atoms with Gasteiger partial charge in [0.15, 0.2) is 0 Å². The van der Waals surface area contributed by atoms with E-state index in [9.17, 15) is 19.3 Å². The predicted molar refractivity (Wildman–Crippen MR) is 69.5 cm³/mol. The van der Waals surface area contributed by atoms with E-state index < -0.39 is 16.6 Å². The van der Waals surface area contributed by atoms with E-state index in [2.05, 4.69) is 12.2 Å². The molecule has 6 heteroatoms. The van der Waals surface area contributed by atoms with Crippen LogP contribution >= 0.6 is 0 Å². The number of hydrogen-bond acceptors (Lipinski definition) is 3. The van der Waals surface area contributed by atoms with E-state index >= 15 is 0 Å². The highest BCUT2D eigenvalue weighted by Gasteiger charge is 2.16. The van der Waals surface area contributed by atoms with Crippen LogP contribution in [-0.2, 0) is 0 Å². The number of halogens is 1. The first kappa shape index (κ1) is 15.1. The molecule has 0 unspecified atom stereocenters. The standard InChI is InChI=1S/C13H17FN2O3/c1-2-3-4-5-8-15-13(17)11-9-10(16(18)19)6-7-12(11)14/h6-7,9H,2-5,8H2,1H3,(H,15,17). The van der Waals surface area contributed by atoms with Gasteiger partial charge in [-0.1, -0.05) is 26.2 Å². The summed E-state index contributed by atoms with van der Waals surface area (Å²) < 4.78 is 13.4. The Labute approximate surface area is 111 Å². The van der Waals surface area contributed by atoms with E-state index in [1.54, 1.807) is 0 Å². The Hall–Kier alpha value is -1.98. The van der Waals surface area contributed by atoms with Crippen molar-refractivity contribution >= 4 is 11.6 Å². The Morgan fingerprint density at radius 3 is 2.74 bits per heavy atom. The molecular formula is C13H17FN2O3. The highest BCUT2D eigenvalue weighted by molar-refractivity contribution is 5.95.